The first-order valence-electron chi connectivity index (χ1n) is 6.22. The van der Waals surface area contributed by atoms with Gasteiger partial charge in [0, 0.05) is 13.1 Å². The Balaban J connectivity index is 2.65. The lowest BCUT2D eigenvalue weighted by Crippen LogP contribution is -2.25. The van der Waals surface area contributed by atoms with Gasteiger partial charge in [-0.3, -0.25) is 4.90 Å². The van der Waals surface area contributed by atoms with Crippen LogP contribution in [-0.4, -0.2) is 42.3 Å². The van der Waals surface area contributed by atoms with E-state index in [-0.39, 0.29) is 11.7 Å². The van der Waals surface area contributed by atoms with Gasteiger partial charge in [-0.1, -0.05) is 0 Å². The van der Waals surface area contributed by atoms with E-state index in [0.29, 0.717) is 25.3 Å². The maximum Gasteiger partial charge on any atom is 0.336 e. The molecule has 0 radical (unpaired) electrons. The molecule has 0 aliphatic carbocycles. The molecule has 0 bridgehead atoms. The van der Waals surface area contributed by atoms with Gasteiger partial charge in [0.2, 0.25) is 0 Å². The smallest absolute Gasteiger partial charge is 0.336 e. The van der Waals surface area contributed by atoms with Crippen molar-refractivity contribution in [2.45, 2.75) is 26.5 Å². The zero-order chi connectivity index (χ0) is 14.4. The van der Waals surface area contributed by atoms with E-state index in [4.69, 9.17) is 9.84 Å². The number of nitrogens with zero attached hydrogens (tertiary/aromatic N) is 1. The number of likely N-dealkylation sites (N-methyl/N-ethyl adjacent to an activating group) is 1. The fraction of sp³-hybridized carbons (Fsp3) is 0.500. The highest BCUT2D eigenvalue weighted by Crippen LogP contribution is 2.13. The van der Waals surface area contributed by atoms with Crippen LogP contribution in [0.3, 0.4) is 0 Å². The van der Waals surface area contributed by atoms with E-state index in [2.05, 4.69) is 0 Å². The average Bonchev–Trinajstić information content (AvgIpc) is 2.27. The molecule has 0 amide bonds. The maximum atomic E-state index is 13.2. The van der Waals surface area contributed by atoms with Crippen LogP contribution in [0.15, 0.2) is 18.2 Å². The fourth-order valence-electron chi connectivity index (χ4n) is 1.72. The van der Waals surface area contributed by atoms with Crippen molar-refractivity contribution >= 4 is 5.97 Å². The van der Waals surface area contributed by atoms with Gasteiger partial charge in [-0.15, -0.1) is 0 Å². The summed E-state index contributed by atoms with van der Waals surface area (Å²) in [6, 6.07) is 3.73. The summed E-state index contributed by atoms with van der Waals surface area (Å²) >= 11 is 0. The van der Waals surface area contributed by atoms with Crippen LogP contribution in [0.5, 0.6) is 0 Å². The van der Waals surface area contributed by atoms with Crippen LogP contribution >= 0.6 is 0 Å². The SMILES string of the molecule is CC(C)OCCN(C)Cc1cc(F)ccc1C(=O)O. The number of hydrogen-bond acceptors (Lipinski definition) is 3. The minimum atomic E-state index is -1.04. The second kappa shape index (κ2) is 7.21. The van der Waals surface area contributed by atoms with Gasteiger partial charge in [-0.2, -0.15) is 0 Å². The van der Waals surface area contributed by atoms with Gasteiger partial charge >= 0.3 is 5.97 Å². The number of rotatable bonds is 7. The van der Waals surface area contributed by atoms with E-state index >= 15 is 0 Å². The number of ether oxygens (including phenoxy) is 1. The maximum absolute atomic E-state index is 13.2. The van der Waals surface area contributed by atoms with E-state index in [9.17, 15) is 9.18 Å². The molecule has 0 saturated carbocycles. The predicted octanol–water partition coefficient (Wildman–Crippen LogP) is 2.38. The summed E-state index contributed by atoms with van der Waals surface area (Å²) in [5, 5.41) is 9.05. The van der Waals surface area contributed by atoms with Crippen molar-refractivity contribution in [3.8, 4) is 0 Å². The molecule has 19 heavy (non-hydrogen) atoms. The molecule has 0 aliphatic rings. The number of aromatic carboxylic acids is 1. The highest BCUT2D eigenvalue weighted by molar-refractivity contribution is 5.89. The number of carboxylic acid groups (broad SMARTS) is 1. The van der Waals surface area contributed by atoms with Crippen LogP contribution in [0.25, 0.3) is 0 Å². The number of benzene rings is 1. The molecule has 0 atom stereocenters. The molecule has 0 heterocycles. The first-order chi connectivity index (χ1) is 8.90. The monoisotopic (exact) mass is 269 g/mol. The molecule has 1 aromatic carbocycles. The Morgan fingerprint density at radius 3 is 2.74 bits per heavy atom. The van der Waals surface area contributed by atoms with E-state index in [0.717, 1.165) is 6.07 Å². The topological polar surface area (TPSA) is 49.8 Å². The van der Waals surface area contributed by atoms with E-state index in [1.807, 2.05) is 25.8 Å². The second-order valence-corrected chi connectivity index (χ2v) is 4.76. The summed E-state index contributed by atoms with van der Waals surface area (Å²) in [7, 11) is 1.85. The van der Waals surface area contributed by atoms with E-state index in [1.165, 1.54) is 12.1 Å². The van der Waals surface area contributed by atoms with Gasteiger partial charge in [0.25, 0.3) is 0 Å². The molecule has 5 heteroatoms. The van der Waals surface area contributed by atoms with E-state index in [1.54, 1.807) is 0 Å². The summed E-state index contributed by atoms with van der Waals surface area (Å²) in [5.41, 5.74) is 0.609. The van der Waals surface area contributed by atoms with Crippen molar-refractivity contribution in [3.05, 3.63) is 35.1 Å². The normalized spacial score (nSPS) is 11.3. The van der Waals surface area contributed by atoms with Gasteiger partial charge in [0.05, 0.1) is 18.3 Å². The van der Waals surface area contributed by atoms with Crippen molar-refractivity contribution in [2.75, 3.05) is 20.2 Å². The van der Waals surface area contributed by atoms with Crippen LogP contribution in [0.2, 0.25) is 0 Å². The van der Waals surface area contributed by atoms with Crippen molar-refractivity contribution in [1.82, 2.24) is 4.90 Å². The minimum Gasteiger partial charge on any atom is -0.478 e. The minimum absolute atomic E-state index is 0.137. The zero-order valence-electron chi connectivity index (χ0n) is 11.5. The molecule has 0 aromatic heterocycles. The highest BCUT2D eigenvalue weighted by Gasteiger charge is 2.12. The molecule has 0 unspecified atom stereocenters. The molecule has 1 aromatic rings. The largest absolute Gasteiger partial charge is 0.478 e. The summed E-state index contributed by atoms with van der Waals surface area (Å²) < 4.78 is 18.6. The predicted molar refractivity (Wildman–Crippen MR) is 70.8 cm³/mol. The number of carbonyl (C=O) groups is 1. The fourth-order valence-corrected chi connectivity index (χ4v) is 1.72. The van der Waals surface area contributed by atoms with Gasteiger partial charge in [0.15, 0.2) is 0 Å². The molecule has 106 valence electrons. The summed E-state index contributed by atoms with van der Waals surface area (Å²) in [6.45, 7) is 5.50. The Labute approximate surface area is 112 Å². The van der Waals surface area contributed by atoms with Crippen molar-refractivity contribution < 1.29 is 19.0 Å². The zero-order valence-corrected chi connectivity index (χ0v) is 11.5. The van der Waals surface area contributed by atoms with Crippen molar-refractivity contribution in [2.24, 2.45) is 0 Å². The lowest BCUT2D eigenvalue weighted by atomic mass is 10.1. The number of carboxylic acids is 1. The average molecular weight is 269 g/mol. The Hall–Kier alpha value is -1.46. The van der Waals surface area contributed by atoms with Gasteiger partial charge < -0.3 is 9.84 Å². The first kappa shape index (κ1) is 15.6. The summed E-state index contributed by atoms with van der Waals surface area (Å²) in [5.74, 6) is -1.46. The van der Waals surface area contributed by atoms with Gasteiger partial charge in [-0.25, -0.2) is 9.18 Å². The van der Waals surface area contributed by atoms with Crippen LogP contribution < -0.4 is 0 Å². The van der Waals surface area contributed by atoms with E-state index < -0.39 is 11.8 Å². The Morgan fingerprint density at radius 2 is 2.16 bits per heavy atom. The Kier molecular flexibility index (Phi) is 5.92. The van der Waals surface area contributed by atoms with Gasteiger partial charge in [0.1, 0.15) is 5.82 Å². The molecular formula is C14H20FNO3. The lowest BCUT2D eigenvalue weighted by Gasteiger charge is -2.18. The van der Waals surface area contributed by atoms with Crippen LogP contribution in [0, 0.1) is 5.82 Å². The Morgan fingerprint density at radius 1 is 1.47 bits per heavy atom. The molecule has 0 fully saturated rings. The second-order valence-electron chi connectivity index (χ2n) is 4.76. The highest BCUT2D eigenvalue weighted by atomic mass is 19.1. The molecule has 4 nitrogen and oxygen atoms in total. The van der Waals surface area contributed by atoms with Crippen molar-refractivity contribution in [1.29, 1.82) is 0 Å². The summed E-state index contributed by atoms with van der Waals surface area (Å²) in [6.07, 6.45) is 0.164. The quantitative estimate of drug-likeness (QED) is 0.825. The molecular weight excluding hydrogens is 249 g/mol. The molecule has 1 N–H and O–H groups in total. The summed E-state index contributed by atoms with van der Waals surface area (Å²) in [4.78, 5) is 13.0. The standard InChI is InChI=1S/C14H20FNO3/c1-10(2)19-7-6-16(3)9-11-8-12(15)4-5-13(11)14(17)18/h4-5,8,10H,6-7,9H2,1-3H3,(H,17,18). The van der Waals surface area contributed by atoms with Gasteiger partial charge in [-0.05, 0) is 44.7 Å². The van der Waals surface area contributed by atoms with Crippen molar-refractivity contribution in [3.63, 3.8) is 0 Å². The first-order valence-corrected chi connectivity index (χ1v) is 6.22. The van der Waals surface area contributed by atoms with Crippen LogP contribution in [0.1, 0.15) is 29.8 Å². The third kappa shape index (κ3) is 5.36. The van der Waals surface area contributed by atoms with Crippen LogP contribution in [-0.2, 0) is 11.3 Å². The molecule has 0 spiro atoms. The third-order valence-corrected chi connectivity index (χ3v) is 2.66. The molecule has 1 rings (SSSR count). The third-order valence-electron chi connectivity index (χ3n) is 2.66. The van der Waals surface area contributed by atoms with Crippen LogP contribution in [0.4, 0.5) is 4.39 Å². The molecule has 0 saturated heterocycles. The number of hydrogen-bond donors (Lipinski definition) is 1. The Bertz CT molecular complexity index is 435. The molecule has 0 aliphatic heterocycles. The lowest BCUT2D eigenvalue weighted by molar-refractivity contribution is 0.0624. The number of halogens is 1.